The molecule has 0 aromatic heterocycles. The van der Waals surface area contributed by atoms with Gasteiger partial charge in [-0.15, -0.1) is 0 Å². The van der Waals surface area contributed by atoms with Crippen LogP contribution in [-0.2, 0) is 16.0 Å². The number of hydrogen-bond acceptors (Lipinski definition) is 4. The predicted molar refractivity (Wildman–Crippen MR) is 118 cm³/mol. The number of halogens is 1. The van der Waals surface area contributed by atoms with E-state index in [4.69, 9.17) is 4.74 Å². The molecule has 3 aromatic rings. The molecule has 0 saturated carbocycles. The maximum absolute atomic E-state index is 13.4. The van der Waals surface area contributed by atoms with Crippen LogP contribution in [0.3, 0.4) is 0 Å². The second kappa shape index (κ2) is 8.85. The number of anilines is 1. The minimum atomic E-state index is -0.812. The number of benzene rings is 3. The minimum Gasteiger partial charge on any atom is -0.497 e. The lowest BCUT2D eigenvalue weighted by Crippen LogP contribution is -2.54. The molecule has 160 valence electrons. The monoisotopic (exact) mass is 430 g/mol. The first-order chi connectivity index (χ1) is 15.4. The van der Waals surface area contributed by atoms with Gasteiger partial charge in [-0.1, -0.05) is 36.4 Å². The van der Waals surface area contributed by atoms with Gasteiger partial charge in [0, 0.05) is 0 Å². The number of carbonyl (C=O) groups is 3. The topological polar surface area (TPSA) is 75.7 Å². The smallest absolute Gasteiger partial charge is 0.335 e. The number of barbiturate groups is 1. The van der Waals surface area contributed by atoms with Crippen LogP contribution in [0.1, 0.15) is 16.7 Å². The van der Waals surface area contributed by atoms with Crippen LogP contribution in [0, 0.1) is 5.82 Å². The highest BCUT2D eigenvalue weighted by Gasteiger charge is 2.36. The standard InChI is InChI=1S/C25H19FN2O4/c1-32-21-11-9-20(10-12-21)28-24(30)22(23(29)27-25(28)31)15-17-7-5-16(6-8-17)13-18-3-2-4-19(26)14-18/h2-12,14-15H,13H2,1H3,(H,27,29,31)/b22-15+. The molecule has 6 nitrogen and oxygen atoms in total. The quantitative estimate of drug-likeness (QED) is 0.489. The fourth-order valence-electron chi connectivity index (χ4n) is 3.40. The third-order valence-electron chi connectivity index (χ3n) is 5.02. The van der Waals surface area contributed by atoms with Crippen molar-refractivity contribution in [1.29, 1.82) is 0 Å². The van der Waals surface area contributed by atoms with Crippen molar-refractivity contribution >= 4 is 29.6 Å². The normalized spacial score (nSPS) is 15.1. The van der Waals surface area contributed by atoms with E-state index in [-0.39, 0.29) is 11.4 Å². The van der Waals surface area contributed by atoms with Gasteiger partial charge >= 0.3 is 6.03 Å². The van der Waals surface area contributed by atoms with Gasteiger partial charge in [0.15, 0.2) is 0 Å². The van der Waals surface area contributed by atoms with Crippen LogP contribution in [0.5, 0.6) is 5.75 Å². The van der Waals surface area contributed by atoms with E-state index in [1.807, 2.05) is 18.2 Å². The number of ether oxygens (including phenoxy) is 1. The molecule has 0 aliphatic carbocycles. The Morgan fingerprint density at radius 1 is 0.938 bits per heavy atom. The number of rotatable bonds is 5. The van der Waals surface area contributed by atoms with Crippen molar-refractivity contribution in [2.24, 2.45) is 0 Å². The summed E-state index contributed by atoms with van der Waals surface area (Å²) in [7, 11) is 1.51. The third kappa shape index (κ3) is 4.41. The van der Waals surface area contributed by atoms with Crippen LogP contribution < -0.4 is 15.0 Å². The SMILES string of the molecule is COc1ccc(N2C(=O)NC(=O)/C(=C\c3ccc(Cc4cccc(F)c4)cc3)C2=O)cc1. The van der Waals surface area contributed by atoms with E-state index in [2.05, 4.69) is 5.32 Å². The summed E-state index contributed by atoms with van der Waals surface area (Å²) in [5, 5.41) is 2.20. The molecule has 32 heavy (non-hydrogen) atoms. The summed E-state index contributed by atoms with van der Waals surface area (Å²) in [4.78, 5) is 38.5. The molecule has 3 aromatic carbocycles. The summed E-state index contributed by atoms with van der Waals surface area (Å²) < 4.78 is 18.5. The molecule has 1 heterocycles. The number of carbonyl (C=O) groups excluding carboxylic acids is 3. The second-order valence-corrected chi connectivity index (χ2v) is 7.20. The molecule has 0 spiro atoms. The molecule has 1 aliphatic rings. The lowest BCUT2D eigenvalue weighted by Gasteiger charge is -2.26. The van der Waals surface area contributed by atoms with Crippen molar-refractivity contribution in [3.05, 3.63) is 101 Å². The zero-order valence-electron chi connectivity index (χ0n) is 17.2. The Kier molecular flexibility index (Phi) is 5.81. The number of nitrogens with one attached hydrogen (secondary N) is 1. The summed E-state index contributed by atoms with van der Waals surface area (Å²) in [6, 6.07) is 19.1. The molecule has 7 heteroatoms. The van der Waals surface area contributed by atoms with Crippen LogP contribution in [0.15, 0.2) is 78.4 Å². The predicted octanol–water partition coefficient (Wildman–Crippen LogP) is 4.09. The second-order valence-electron chi connectivity index (χ2n) is 7.20. The Bertz CT molecular complexity index is 1220. The van der Waals surface area contributed by atoms with Gasteiger partial charge in [-0.05, 0) is 65.6 Å². The van der Waals surface area contributed by atoms with Gasteiger partial charge in [-0.3, -0.25) is 14.9 Å². The molecular weight excluding hydrogens is 411 g/mol. The van der Waals surface area contributed by atoms with Crippen molar-refractivity contribution < 1.29 is 23.5 Å². The molecule has 1 saturated heterocycles. The van der Waals surface area contributed by atoms with E-state index in [9.17, 15) is 18.8 Å². The highest BCUT2D eigenvalue weighted by atomic mass is 19.1. The average molecular weight is 430 g/mol. The van der Waals surface area contributed by atoms with E-state index in [1.165, 1.54) is 25.3 Å². The maximum atomic E-state index is 13.4. The number of hydrogen-bond donors (Lipinski definition) is 1. The zero-order chi connectivity index (χ0) is 22.7. The third-order valence-corrected chi connectivity index (χ3v) is 5.02. The van der Waals surface area contributed by atoms with Crippen molar-refractivity contribution in [3.63, 3.8) is 0 Å². The van der Waals surface area contributed by atoms with E-state index < -0.39 is 17.8 Å². The van der Waals surface area contributed by atoms with Gasteiger partial charge in [0.1, 0.15) is 17.1 Å². The van der Waals surface area contributed by atoms with Gasteiger partial charge in [0.05, 0.1) is 12.8 Å². The molecule has 1 aliphatic heterocycles. The Balaban J connectivity index is 1.57. The molecule has 0 radical (unpaired) electrons. The van der Waals surface area contributed by atoms with Crippen LogP contribution >= 0.6 is 0 Å². The van der Waals surface area contributed by atoms with E-state index in [0.717, 1.165) is 16.0 Å². The fraction of sp³-hybridized carbons (Fsp3) is 0.0800. The fourth-order valence-corrected chi connectivity index (χ4v) is 3.40. The van der Waals surface area contributed by atoms with Crippen molar-refractivity contribution in [1.82, 2.24) is 5.32 Å². The summed E-state index contributed by atoms with van der Waals surface area (Å²) in [5.41, 5.74) is 2.57. The largest absolute Gasteiger partial charge is 0.497 e. The highest BCUT2D eigenvalue weighted by Crippen LogP contribution is 2.24. The van der Waals surface area contributed by atoms with Gasteiger partial charge in [-0.2, -0.15) is 0 Å². The number of imide groups is 2. The Hall–Kier alpha value is -4.26. The Morgan fingerprint density at radius 2 is 1.66 bits per heavy atom. The molecule has 0 bridgehead atoms. The first kappa shape index (κ1) is 21.0. The Morgan fingerprint density at radius 3 is 2.31 bits per heavy atom. The van der Waals surface area contributed by atoms with Gasteiger partial charge in [0.25, 0.3) is 11.8 Å². The van der Waals surface area contributed by atoms with Crippen LogP contribution in [0.2, 0.25) is 0 Å². The first-order valence-corrected chi connectivity index (χ1v) is 9.83. The first-order valence-electron chi connectivity index (χ1n) is 9.83. The molecule has 4 amide bonds. The molecule has 0 atom stereocenters. The van der Waals surface area contributed by atoms with Crippen molar-refractivity contribution in [2.75, 3.05) is 12.0 Å². The molecular formula is C25H19FN2O4. The van der Waals surface area contributed by atoms with Crippen LogP contribution in [0.25, 0.3) is 6.08 Å². The van der Waals surface area contributed by atoms with Gasteiger partial charge < -0.3 is 4.74 Å². The Labute approximate surface area is 183 Å². The van der Waals surface area contributed by atoms with Gasteiger partial charge in [-0.25, -0.2) is 14.1 Å². The molecule has 0 unspecified atom stereocenters. The number of methoxy groups -OCH3 is 1. The van der Waals surface area contributed by atoms with Crippen LogP contribution in [-0.4, -0.2) is 25.0 Å². The lowest BCUT2D eigenvalue weighted by molar-refractivity contribution is -0.122. The lowest BCUT2D eigenvalue weighted by atomic mass is 10.0. The summed E-state index contributed by atoms with van der Waals surface area (Å²) >= 11 is 0. The van der Waals surface area contributed by atoms with E-state index >= 15 is 0 Å². The zero-order valence-corrected chi connectivity index (χ0v) is 17.2. The number of amides is 4. The summed E-state index contributed by atoms with van der Waals surface area (Å²) in [5.74, 6) is -1.19. The molecule has 1 fully saturated rings. The van der Waals surface area contributed by atoms with Crippen molar-refractivity contribution in [2.45, 2.75) is 6.42 Å². The number of urea groups is 1. The van der Waals surface area contributed by atoms with Crippen molar-refractivity contribution in [3.8, 4) is 5.75 Å². The molecule has 1 N–H and O–H groups in total. The highest BCUT2D eigenvalue weighted by molar-refractivity contribution is 6.39. The van der Waals surface area contributed by atoms with Crippen LogP contribution in [0.4, 0.5) is 14.9 Å². The summed E-state index contributed by atoms with van der Waals surface area (Å²) in [6.07, 6.45) is 1.99. The molecule has 4 rings (SSSR count). The average Bonchev–Trinajstić information content (AvgIpc) is 2.78. The van der Waals surface area contributed by atoms with E-state index in [0.29, 0.717) is 23.4 Å². The van der Waals surface area contributed by atoms with Gasteiger partial charge in [0.2, 0.25) is 0 Å². The minimum absolute atomic E-state index is 0.154. The number of nitrogens with zero attached hydrogens (tertiary/aromatic N) is 1. The maximum Gasteiger partial charge on any atom is 0.335 e. The van der Waals surface area contributed by atoms with E-state index in [1.54, 1.807) is 42.5 Å². The summed E-state index contributed by atoms with van der Waals surface area (Å²) in [6.45, 7) is 0.